The molecule has 0 fully saturated rings. The Morgan fingerprint density at radius 2 is 1.73 bits per heavy atom. The van der Waals surface area contributed by atoms with E-state index in [0.717, 1.165) is 0 Å². The largest absolute Gasteiger partial charge is 0.522 e. The molecule has 1 nitrogen and oxygen atoms in total. The predicted molar refractivity (Wildman–Crippen MR) is 36.1 cm³/mol. The smallest absolute Gasteiger partial charge is 0.288 e. The highest BCUT2D eigenvalue weighted by atomic mass is 19.4. The van der Waals surface area contributed by atoms with Crippen molar-refractivity contribution in [1.82, 2.24) is 0 Å². The number of hydrogen-bond donors (Lipinski definition) is 0. The predicted octanol–water partition coefficient (Wildman–Crippen LogP) is 2.96. The van der Waals surface area contributed by atoms with Crippen LogP contribution in [0.15, 0.2) is 0 Å². The summed E-state index contributed by atoms with van der Waals surface area (Å²) < 4.78 is 38.7. The van der Waals surface area contributed by atoms with E-state index < -0.39 is 12.5 Å². The van der Waals surface area contributed by atoms with E-state index in [1.807, 2.05) is 0 Å². The second-order valence-corrected chi connectivity index (χ2v) is 2.75. The van der Waals surface area contributed by atoms with Crippen molar-refractivity contribution in [1.29, 1.82) is 0 Å². The average molecular weight is 170 g/mol. The molecule has 0 amide bonds. The molecule has 4 heteroatoms. The Labute approximate surface area is 64.5 Å². The number of halogens is 3. The van der Waals surface area contributed by atoms with Gasteiger partial charge in [-0.25, -0.2) is 0 Å². The first-order valence-electron chi connectivity index (χ1n) is 3.61. The van der Waals surface area contributed by atoms with Gasteiger partial charge in [0.25, 0.3) is 0 Å². The Bertz CT molecular complexity index is 109. The Balaban J connectivity index is 3.88. The van der Waals surface area contributed by atoms with Crippen molar-refractivity contribution in [2.45, 2.75) is 39.7 Å². The van der Waals surface area contributed by atoms with E-state index in [1.54, 1.807) is 20.8 Å². The van der Waals surface area contributed by atoms with Crippen LogP contribution < -0.4 is 0 Å². The summed E-state index contributed by atoms with van der Waals surface area (Å²) in [6, 6.07) is 0. The average Bonchev–Trinajstić information content (AvgIpc) is 1.80. The first kappa shape index (κ1) is 10.8. The fourth-order valence-electron chi connectivity index (χ4n) is 0.862. The highest BCUT2D eigenvalue weighted by molar-refractivity contribution is 4.59. The van der Waals surface area contributed by atoms with Gasteiger partial charge in [-0.1, -0.05) is 20.8 Å². The Morgan fingerprint density at radius 1 is 1.27 bits per heavy atom. The molecule has 0 aromatic carbocycles. The molecule has 0 rings (SSSR count). The number of hydrogen-bond acceptors (Lipinski definition) is 1. The molecule has 0 aliphatic carbocycles. The lowest BCUT2D eigenvalue weighted by Gasteiger charge is -2.20. The lowest BCUT2D eigenvalue weighted by Crippen LogP contribution is -2.27. The van der Waals surface area contributed by atoms with E-state index in [4.69, 9.17) is 0 Å². The summed E-state index contributed by atoms with van der Waals surface area (Å²) in [5.41, 5.74) is 0. The number of alkyl halides is 3. The fraction of sp³-hybridized carbons (Fsp3) is 1.00. The summed E-state index contributed by atoms with van der Waals surface area (Å²) in [5, 5.41) is 0. The molecule has 0 N–H and O–H groups in total. The molecule has 11 heavy (non-hydrogen) atoms. The summed E-state index contributed by atoms with van der Waals surface area (Å²) in [6.07, 6.45) is -4.82. The van der Waals surface area contributed by atoms with Gasteiger partial charge in [0.05, 0.1) is 6.10 Å². The standard InChI is InChI=1S/C7H13F3O/c1-4-6(5(2)3)11-7(8,9)10/h5-6H,4H2,1-3H3. The SMILES string of the molecule is CCC(OC(F)(F)F)C(C)C. The third-order valence-corrected chi connectivity index (χ3v) is 1.43. The molecule has 0 saturated carbocycles. The molecule has 68 valence electrons. The van der Waals surface area contributed by atoms with Gasteiger partial charge in [-0.15, -0.1) is 13.2 Å². The summed E-state index contributed by atoms with van der Waals surface area (Å²) in [6.45, 7) is 5.09. The van der Waals surface area contributed by atoms with Crippen LogP contribution in [-0.2, 0) is 4.74 Å². The topological polar surface area (TPSA) is 9.23 Å². The van der Waals surface area contributed by atoms with E-state index in [0.29, 0.717) is 6.42 Å². The molecule has 1 unspecified atom stereocenters. The monoisotopic (exact) mass is 170 g/mol. The van der Waals surface area contributed by atoms with Crippen LogP contribution in [0, 0.1) is 5.92 Å². The number of rotatable bonds is 3. The first-order chi connectivity index (χ1) is 4.87. The fourth-order valence-corrected chi connectivity index (χ4v) is 0.862. The molecule has 1 atom stereocenters. The van der Waals surface area contributed by atoms with Gasteiger partial charge >= 0.3 is 6.36 Å². The molecule has 0 heterocycles. The zero-order chi connectivity index (χ0) is 9.07. The van der Waals surface area contributed by atoms with Crippen molar-refractivity contribution < 1.29 is 17.9 Å². The van der Waals surface area contributed by atoms with E-state index in [-0.39, 0.29) is 5.92 Å². The van der Waals surface area contributed by atoms with E-state index in [9.17, 15) is 13.2 Å². The molecular weight excluding hydrogens is 157 g/mol. The van der Waals surface area contributed by atoms with Crippen molar-refractivity contribution >= 4 is 0 Å². The molecule has 0 radical (unpaired) electrons. The lowest BCUT2D eigenvalue weighted by molar-refractivity contribution is -0.347. The van der Waals surface area contributed by atoms with Gasteiger partial charge in [0.1, 0.15) is 0 Å². The molecule has 0 aromatic heterocycles. The van der Waals surface area contributed by atoms with Crippen molar-refractivity contribution in [3.63, 3.8) is 0 Å². The second kappa shape index (κ2) is 3.95. The molecule has 0 aliphatic rings. The van der Waals surface area contributed by atoms with Crippen LogP contribution in [0.1, 0.15) is 27.2 Å². The van der Waals surface area contributed by atoms with Gasteiger partial charge in [0.15, 0.2) is 0 Å². The van der Waals surface area contributed by atoms with Crippen LogP contribution in [0.4, 0.5) is 13.2 Å². The van der Waals surface area contributed by atoms with Crippen LogP contribution >= 0.6 is 0 Å². The number of ether oxygens (including phenoxy) is 1. The molecule has 0 spiro atoms. The Hall–Kier alpha value is -0.250. The summed E-state index contributed by atoms with van der Waals surface area (Å²) >= 11 is 0. The summed E-state index contributed by atoms with van der Waals surface area (Å²) in [4.78, 5) is 0. The summed E-state index contributed by atoms with van der Waals surface area (Å²) in [5.74, 6) is -0.0957. The van der Waals surface area contributed by atoms with Crippen molar-refractivity contribution in [2.75, 3.05) is 0 Å². The van der Waals surface area contributed by atoms with Gasteiger partial charge in [-0.05, 0) is 12.3 Å². The van der Waals surface area contributed by atoms with Crippen molar-refractivity contribution in [2.24, 2.45) is 5.92 Å². The summed E-state index contributed by atoms with van der Waals surface area (Å²) in [7, 11) is 0. The third-order valence-electron chi connectivity index (χ3n) is 1.43. The second-order valence-electron chi connectivity index (χ2n) is 2.75. The van der Waals surface area contributed by atoms with E-state index >= 15 is 0 Å². The third kappa shape index (κ3) is 5.07. The van der Waals surface area contributed by atoms with Gasteiger partial charge in [0, 0.05) is 0 Å². The maximum Gasteiger partial charge on any atom is 0.522 e. The first-order valence-corrected chi connectivity index (χ1v) is 3.61. The highest BCUT2D eigenvalue weighted by Gasteiger charge is 2.33. The van der Waals surface area contributed by atoms with Gasteiger partial charge in [-0.3, -0.25) is 4.74 Å². The Morgan fingerprint density at radius 3 is 1.82 bits per heavy atom. The minimum atomic E-state index is -4.50. The lowest BCUT2D eigenvalue weighted by atomic mass is 10.1. The van der Waals surface area contributed by atoms with Gasteiger partial charge < -0.3 is 0 Å². The molecule has 0 aliphatic heterocycles. The normalized spacial score (nSPS) is 15.5. The van der Waals surface area contributed by atoms with Crippen molar-refractivity contribution in [3.05, 3.63) is 0 Å². The van der Waals surface area contributed by atoms with E-state index in [2.05, 4.69) is 4.74 Å². The van der Waals surface area contributed by atoms with Crippen LogP contribution in [0.2, 0.25) is 0 Å². The maximum atomic E-state index is 11.6. The minimum Gasteiger partial charge on any atom is -0.288 e. The van der Waals surface area contributed by atoms with Gasteiger partial charge in [0.2, 0.25) is 0 Å². The zero-order valence-electron chi connectivity index (χ0n) is 6.90. The molecular formula is C7H13F3O. The zero-order valence-corrected chi connectivity index (χ0v) is 6.90. The van der Waals surface area contributed by atoms with E-state index in [1.165, 1.54) is 0 Å². The highest BCUT2D eigenvalue weighted by Crippen LogP contribution is 2.23. The van der Waals surface area contributed by atoms with Crippen LogP contribution in [0.5, 0.6) is 0 Å². The molecule has 0 saturated heterocycles. The minimum absolute atomic E-state index is 0.0957. The molecule has 0 aromatic rings. The Kier molecular flexibility index (Phi) is 3.86. The van der Waals surface area contributed by atoms with Crippen molar-refractivity contribution in [3.8, 4) is 0 Å². The quantitative estimate of drug-likeness (QED) is 0.632. The van der Waals surface area contributed by atoms with Gasteiger partial charge in [-0.2, -0.15) is 0 Å². The van der Waals surface area contributed by atoms with Crippen LogP contribution in [0.25, 0.3) is 0 Å². The maximum absolute atomic E-state index is 11.6. The van der Waals surface area contributed by atoms with Crippen LogP contribution in [0.3, 0.4) is 0 Å². The van der Waals surface area contributed by atoms with Crippen LogP contribution in [-0.4, -0.2) is 12.5 Å². The molecule has 0 bridgehead atoms.